The first-order chi connectivity index (χ1) is 70.2. The monoisotopic (exact) mass is 2400 g/mol. The van der Waals surface area contributed by atoms with Gasteiger partial charge in [-0.3, -0.25) is 27.4 Å². The molecule has 42 nitrogen and oxygen atoms in total. The number of nitrogens with zero attached hydrogens (tertiary/aromatic N) is 17. The summed E-state index contributed by atoms with van der Waals surface area (Å²) in [5.41, 5.74) is 45.4. The molecule has 0 amide bonds. The Balaban J connectivity index is 0.000000150. The number of nitrogens with two attached hydrogens (primary N) is 6. The standard InChI is InChI=1S/C18H29N4O3PS.C17H27N4O3PS.C16H25N4O3PS.C15H22ClN4O3P.C15H22IN4O3P.C15H23N4O3PS/c1-5-10-27-18-21-13-11(19)6-8-20-16(13)22(18)17-15(24)14(23)12(25-17)7-9-26(2,3)4;1-5-26-17-20-12-10(18)6-8-19-15(12)21(17)16-14(23)13(22)11(24-16)7-9-25(2,3)4;1-24(2,3)8-6-10-12(21)13(22)15(23-10)20-14-11(19-16(20)25-4)9(17)5-7-18-14;2*1-24(2,3)7-5-9-11(21)12(22)14(23-9)20-13-10(19-15(20)16)8(17)4-6-18-13;1-23(2,3)7-5-9-11(20)12(21)14(22-9)19-13-10(18-15(19)24)8(16)4-6-17-13/h6,8,12,14-15,17,23-24H,2,5,7,9-10H2,1,3-4H3,(H2,19,20);6,8,11,13-14,16,22-23H,2,5,7,9H2,1,3-4H3,(H2,18,19);5,7,10,12-13,15,21-22H,1,6,8H2,2-4H3,(H2,17,18);2*4,6,9,11-12,14,21-22H,1,5,7H2,2-3H3,(H2,17,18);4,6,9,11-12,14,20-21H,1,5,7H2,2-3H3,(H2,16,17)(H,18,24)/t12-,14-,15-,17-;11-,13-,14-,16-;10-,12-,13-,15-;3*9-,11-,12-,14-/m111111/s1. The summed E-state index contributed by atoms with van der Waals surface area (Å²) in [5.74, 6) is 1.68. The van der Waals surface area contributed by atoms with Gasteiger partial charge in [0.1, 0.15) is 106 Å². The van der Waals surface area contributed by atoms with E-state index in [1.54, 1.807) is 102 Å². The second kappa shape index (κ2) is 50.0. The number of nitrogens with one attached hydrogen (secondary N) is 1. The molecule has 6 aliphatic rings. The zero-order valence-corrected chi connectivity index (χ0v) is 98.6. The SMILES string of the molecule is C=P(C)(C)CC[C@H]1O[C@@H](n2c(=S)[nH]c3c(N)ccnc32)[C@H](O)[C@@H]1O.C=P(C)(C)CC[C@H]1O[C@@H](n2c(Cl)nc3c(N)ccnc32)[C@H](O)[C@@H]1O.C=P(C)(C)CC[C@H]1O[C@@H](n2c(I)nc3c(N)ccnc32)[C@H](O)[C@@H]1O.C=P(C)(C)CC[C@H]1O[C@@H](n2c(SC)nc3c(N)ccnc32)[C@H](O)[C@@H]1O.C=P(C)(C)CC[C@H]1O[C@@H](n2c(SCC)nc3c(N)ccnc32)[C@H](O)[C@@H]1O.C=P(C)(C)CC[C@H]1O[C@@H](n2c(SCCC)nc3c(N)ccnc32)[C@H](O)[C@@H]1O. The van der Waals surface area contributed by atoms with Crippen molar-refractivity contribution >= 4 is 262 Å². The molecule has 0 aliphatic carbocycles. The summed E-state index contributed by atoms with van der Waals surface area (Å²) in [5, 5.41) is 128. The third-order valence-electron chi connectivity index (χ3n) is 26.1. The molecule has 0 saturated carbocycles. The first-order valence-corrected chi connectivity index (χ1v) is 72.3. The average Bonchev–Trinajstić information content (AvgIpc) is 1.62. The summed E-state index contributed by atoms with van der Waals surface area (Å²) >= 11 is 18.1. The van der Waals surface area contributed by atoms with Crippen molar-refractivity contribution in [3.8, 4) is 0 Å². The smallest absolute Gasteiger partial charge is 0.207 e. The number of anilines is 6. The number of ether oxygens (including phenoxy) is 6. The zero-order chi connectivity index (χ0) is 110. The molecule has 24 atom stereocenters. The van der Waals surface area contributed by atoms with Crippen LogP contribution in [0.15, 0.2) is 89.0 Å². The Morgan fingerprint density at radius 3 is 0.880 bits per heavy atom. The van der Waals surface area contributed by atoms with E-state index in [1.165, 1.54) is 34.3 Å². The number of aromatic nitrogens is 18. The number of H-pyrrole nitrogens is 1. The quantitative estimate of drug-likeness (QED) is 0.00861. The molecule has 6 saturated heterocycles. The number of halogens is 2. The van der Waals surface area contributed by atoms with Crippen molar-refractivity contribution in [3.63, 3.8) is 0 Å². The summed E-state index contributed by atoms with van der Waals surface area (Å²) in [7, 11) is 0. The number of hydrogen-bond acceptors (Lipinski definition) is 39. The lowest BCUT2D eigenvalue weighted by atomic mass is 10.1. The van der Waals surface area contributed by atoms with Crippen LogP contribution in [0.2, 0.25) is 5.28 Å². The fraction of sp³-hybridized carbons (Fsp3) is 0.562. The van der Waals surface area contributed by atoms with E-state index in [-0.39, 0.29) is 5.28 Å². The fourth-order valence-corrected chi connectivity index (χ4v) is 27.2. The summed E-state index contributed by atoms with van der Waals surface area (Å²) in [6.07, 6.45) is 27.2. The number of aliphatic hydroxyl groups is 12. The number of aromatic amines is 1. The van der Waals surface area contributed by atoms with Gasteiger partial charge in [-0.1, -0.05) is 49.1 Å². The Bertz CT molecular complexity index is 6980. The van der Waals surface area contributed by atoms with Gasteiger partial charge in [-0.15, -0.1) is 79.1 Å². The van der Waals surface area contributed by atoms with E-state index in [0.717, 1.165) is 54.9 Å². The Labute approximate surface area is 909 Å². The van der Waals surface area contributed by atoms with Crippen LogP contribution in [0.25, 0.3) is 67.0 Å². The number of thioether (sulfide) groups is 3. The van der Waals surface area contributed by atoms with Crippen molar-refractivity contribution in [1.29, 1.82) is 0 Å². The maximum Gasteiger partial charge on any atom is 0.207 e. The highest BCUT2D eigenvalue weighted by molar-refractivity contribution is 14.1. The van der Waals surface area contributed by atoms with Crippen molar-refractivity contribution in [2.75, 3.05) is 169 Å². The predicted molar refractivity (Wildman–Crippen MR) is 634 cm³/mol. The van der Waals surface area contributed by atoms with Crippen molar-refractivity contribution in [2.45, 2.75) is 222 Å². The highest BCUT2D eigenvalue weighted by Crippen LogP contribution is 2.50. The van der Waals surface area contributed by atoms with E-state index in [9.17, 15) is 61.3 Å². The summed E-state index contributed by atoms with van der Waals surface area (Å²) in [4.78, 5) is 51.3. The molecule has 12 aromatic heterocycles. The number of fused-ring (bicyclic) bond motifs is 6. The van der Waals surface area contributed by atoms with Crippen molar-refractivity contribution < 1.29 is 89.7 Å². The molecule has 12 aromatic rings. The normalized spacial score (nSPS) is 27.2. The second-order valence-electron chi connectivity index (χ2n) is 42.5. The van der Waals surface area contributed by atoms with Crippen LogP contribution in [0, 0.1) is 8.60 Å². The molecule has 0 bridgehead atoms. The predicted octanol–water partition coefficient (Wildman–Crippen LogP) is 9.65. The number of aliphatic hydroxyl groups excluding tert-OH is 12. The van der Waals surface area contributed by atoms with Gasteiger partial charge in [0.2, 0.25) is 5.28 Å². The van der Waals surface area contributed by atoms with Crippen LogP contribution < -0.4 is 34.4 Å². The molecule has 18 heterocycles. The summed E-state index contributed by atoms with van der Waals surface area (Å²) < 4.78 is 47.0. The fourth-order valence-electron chi connectivity index (χ4n) is 18.0. The van der Waals surface area contributed by atoms with E-state index in [1.807, 2.05) is 13.2 Å². The van der Waals surface area contributed by atoms with E-state index in [0.29, 0.717) is 164 Å². The third-order valence-corrected chi connectivity index (χ3v) is 38.9. The largest absolute Gasteiger partial charge is 0.397 e. The van der Waals surface area contributed by atoms with Gasteiger partial charge in [0.05, 0.1) is 70.7 Å². The molecule has 54 heteroatoms. The molecule has 6 aliphatic heterocycles. The first kappa shape index (κ1) is 121. The molecule has 0 spiro atoms. The minimum absolute atomic E-state index is 0.109. The van der Waals surface area contributed by atoms with Crippen molar-refractivity contribution in [3.05, 3.63) is 87.5 Å². The Morgan fingerprint density at radius 2 is 0.587 bits per heavy atom. The Kier molecular flexibility index (Phi) is 40.3. The molecule has 150 heavy (non-hydrogen) atoms. The number of hydrogen-bond donors (Lipinski definition) is 19. The number of imidazole rings is 6. The molecule has 6 fully saturated rings. The van der Waals surface area contributed by atoms with Crippen LogP contribution >= 0.6 is 123 Å². The number of pyridine rings is 6. The summed E-state index contributed by atoms with van der Waals surface area (Å²) in [6, 6.07) is 10.1. The lowest BCUT2D eigenvalue weighted by Gasteiger charge is -2.19. The van der Waals surface area contributed by atoms with Gasteiger partial charge in [0.25, 0.3) is 0 Å². The molecule has 0 unspecified atom stereocenters. The third kappa shape index (κ3) is 28.4. The highest BCUT2D eigenvalue weighted by Gasteiger charge is 2.52. The van der Waals surface area contributed by atoms with E-state index in [4.69, 9.17) is 86.6 Å². The van der Waals surface area contributed by atoms with Gasteiger partial charge in [-0.2, -0.15) is 0 Å². The van der Waals surface area contributed by atoms with Gasteiger partial charge in [-0.05, 0) is 234 Å². The minimum Gasteiger partial charge on any atom is -0.397 e. The highest BCUT2D eigenvalue weighted by atomic mass is 127. The number of rotatable bonds is 30. The van der Waals surface area contributed by atoms with Gasteiger partial charge in [0, 0.05) is 65.5 Å². The van der Waals surface area contributed by atoms with Crippen molar-refractivity contribution in [1.82, 2.24) is 87.2 Å². The van der Waals surface area contributed by atoms with E-state index >= 15 is 0 Å². The molecule has 25 N–H and O–H groups in total. The molecule has 0 radical (unpaired) electrons. The maximum atomic E-state index is 10.7. The lowest BCUT2D eigenvalue weighted by Crippen LogP contribution is -2.32. The molecular weight excluding hydrogens is 2250 g/mol. The van der Waals surface area contributed by atoms with Crippen molar-refractivity contribution in [2.24, 2.45) is 0 Å². The Hall–Kier alpha value is -6.11. The van der Waals surface area contributed by atoms with Crippen LogP contribution in [-0.2, 0) is 28.4 Å². The Morgan fingerprint density at radius 1 is 0.347 bits per heavy atom. The van der Waals surface area contributed by atoms with Gasteiger partial charge in [0.15, 0.2) is 95.3 Å². The summed E-state index contributed by atoms with van der Waals surface area (Å²) in [6.45, 7) is 22.4. The minimum atomic E-state index is -1.25. The lowest BCUT2D eigenvalue weighted by molar-refractivity contribution is -0.0400. The first-order valence-electron chi connectivity index (χ1n) is 49.0. The van der Waals surface area contributed by atoms with Crippen LogP contribution in [0.3, 0.4) is 0 Å². The van der Waals surface area contributed by atoms with E-state index < -0.39 is 189 Å². The molecule has 18 rings (SSSR count). The van der Waals surface area contributed by atoms with Crippen LogP contribution in [0.4, 0.5) is 34.1 Å². The van der Waals surface area contributed by atoms with Crippen LogP contribution in [-0.4, -0.2) is 431 Å². The van der Waals surface area contributed by atoms with E-state index in [2.05, 4.69) is 207 Å². The zero-order valence-electron chi connectivity index (χ0n) is 87.1. The second-order valence-corrected chi connectivity index (χ2v) is 73.2. The average molecular weight is 2400 g/mol. The van der Waals surface area contributed by atoms with Gasteiger partial charge >= 0.3 is 0 Å². The number of nitrogen functional groups attached to an aromatic ring is 6. The molecule has 0 aromatic carbocycles. The maximum absolute atomic E-state index is 10.7. The van der Waals surface area contributed by atoms with Crippen LogP contribution in [0.1, 0.15) is 96.2 Å². The van der Waals surface area contributed by atoms with Gasteiger partial charge < -0.3 is 129 Å². The molecular formula is C96H148ClIN24O18P6S4. The molecule has 828 valence electrons. The van der Waals surface area contributed by atoms with Crippen LogP contribution in [0.5, 0.6) is 0 Å². The van der Waals surface area contributed by atoms with Gasteiger partial charge in [-0.25, -0.2) is 54.8 Å². The topological polar surface area (TPSA) is 641 Å².